The average molecular weight is 274 g/mol. The quantitative estimate of drug-likeness (QED) is 0.897. The molecule has 3 heteroatoms. The van der Waals surface area contributed by atoms with Crippen LogP contribution in [-0.2, 0) is 11.2 Å². The Morgan fingerprint density at radius 1 is 1.35 bits per heavy atom. The van der Waals surface area contributed by atoms with Gasteiger partial charge in [0.15, 0.2) is 0 Å². The molecule has 2 rings (SSSR count). The molecule has 0 saturated carbocycles. The molecule has 0 aliphatic carbocycles. The summed E-state index contributed by atoms with van der Waals surface area (Å²) < 4.78 is 0. The zero-order valence-electron chi connectivity index (χ0n) is 12.4. The van der Waals surface area contributed by atoms with E-state index in [0.29, 0.717) is 18.9 Å². The van der Waals surface area contributed by atoms with E-state index in [0.717, 1.165) is 25.8 Å². The van der Waals surface area contributed by atoms with E-state index in [9.17, 15) is 4.79 Å². The van der Waals surface area contributed by atoms with Crippen LogP contribution >= 0.6 is 0 Å². The average Bonchev–Trinajstić information content (AvgIpc) is 2.48. The van der Waals surface area contributed by atoms with Gasteiger partial charge >= 0.3 is 0 Å². The van der Waals surface area contributed by atoms with Crippen molar-refractivity contribution in [3.63, 3.8) is 0 Å². The van der Waals surface area contributed by atoms with E-state index >= 15 is 0 Å². The number of piperidine rings is 1. The summed E-state index contributed by atoms with van der Waals surface area (Å²) in [6, 6.07) is 10.6. The zero-order chi connectivity index (χ0) is 14.4. The van der Waals surface area contributed by atoms with Gasteiger partial charge in [-0.1, -0.05) is 37.3 Å². The molecule has 1 heterocycles. The van der Waals surface area contributed by atoms with Gasteiger partial charge in [-0.2, -0.15) is 0 Å². The van der Waals surface area contributed by atoms with E-state index in [1.54, 1.807) is 0 Å². The highest BCUT2D eigenvalue weighted by Crippen LogP contribution is 2.23. The van der Waals surface area contributed by atoms with Crippen molar-refractivity contribution >= 4 is 5.91 Å². The Morgan fingerprint density at radius 2 is 2.10 bits per heavy atom. The molecule has 1 aliphatic heterocycles. The number of nitrogens with two attached hydrogens (primary N) is 1. The van der Waals surface area contributed by atoms with Crippen molar-refractivity contribution in [3.8, 4) is 0 Å². The number of benzene rings is 1. The smallest absolute Gasteiger partial charge is 0.222 e. The van der Waals surface area contributed by atoms with Gasteiger partial charge in [0.2, 0.25) is 5.91 Å². The lowest BCUT2D eigenvalue weighted by Gasteiger charge is -2.39. The number of nitrogens with zero attached hydrogens (tertiary/aromatic N) is 1. The van der Waals surface area contributed by atoms with Crippen molar-refractivity contribution in [1.82, 2.24) is 4.90 Å². The molecule has 1 aliphatic rings. The maximum atomic E-state index is 12.4. The summed E-state index contributed by atoms with van der Waals surface area (Å²) in [6.45, 7) is 3.68. The first kappa shape index (κ1) is 15.0. The van der Waals surface area contributed by atoms with Gasteiger partial charge in [-0.15, -0.1) is 0 Å². The largest absolute Gasteiger partial charge is 0.338 e. The molecular weight excluding hydrogens is 248 g/mol. The second kappa shape index (κ2) is 7.44. The summed E-state index contributed by atoms with van der Waals surface area (Å²) in [5.41, 5.74) is 7.16. The third kappa shape index (κ3) is 3.83. The van der Waals surface area contributed by atoms with Crippen molar-refractivity contribution in [3.05, 3.63) is 35.9 Å². The summed E-state index contributed by atoms with van der Waals surface area (Å²) >= 11 is 0. The minimum Gasteiger partial charge on any atom is -0.338 e. The highest BCUT2D eigenvalue weighted by Gasteiger charge is 2.30. The second-order valence-electron chi connectivity index (χ2n) is 5.85. The number of hydrogen-bond acceptors (Lipinski definition) is 2. The predicted octanol–water partition coefficient (Wildman–Crippen LogP) is 2.60. The fraction of sp³-hybridized carbons (Fsp3) is 0.588. The van der Waals surface area contributed by atoms with Crippen molar-refractivity contribution < 1.29 is 4.79 Å². The molecule has 0 spiro atoms. The zero-order valence-corrected chi connectivity index (χ0v) is 12.4. The number of rotatable bonds is 5. The van der Waals surface area contributed by atoms with Crippen LogP contribution in [0.2, 0.25) is 0 Å². The van der Waals surface area contributed by atoms with Crippen LogP contribution in [-0.4, -0.2) is 29.9 Å². The molecule has 1 saturated heterocycles. The number of hydrogen-bond donors (Lipinski definition) is 1. The maximum absolute atomic E-state index is 12.4. The normalized spacial score (nSPS) is 22.8. The molecule has 2 atom stereocenters. The summed E-state index contributed by atoms with van der Waals surface area (Å²) in [5, 5.41) is 0. The molecule has 110 valence electrons. The van der Waals surface area contributed by atoms with E-state index in [1.807, 2.05) is 23.1 Å². The van der Waals surface area contributed by atoms with Crippen LogP contribution in [0.25, 0.3) is 0 Å². The summed E-state index contributed by atoms with van der Waals surface area (Å²) in [6.07, 6.45) is 4.84. The molecule has 20 heavy (non-hydrogen) atoms. The third-order valence-electron chi connectivity index (χ3n) is 4.38. The standard InChI is InChI=1S/C17H26N2O/c1-14-7-6-12-19(16(14)13-18)17(20)11-5-10-15-8-3-2-4-9-15/h2-4,8-9,14,16H,5-7,10-13,18H2,1H3/t14-,16-/m1/s1. The van der Waals surface area contributed by atoms with Crippen LogP contribution in [0, 0.1) is 5.92 Å². The van der Waals surface area contributed by atoms with Gasteiger partial charge in [0.1, 0.15) is 0 Å². The SMILES string of the molecule is C[C@@H]1CCCN(C(=O)CCCc2ccccc2)[C@@H]1CN. The van der Waals surface area contributed by atoms with Crippen LogP contribution in [0.15, 0.2) is 30.3 Å². The number of carbonyl (C=O) groups is 1. The van der Waals surface area contributed by atoms with Crippen molar-refractivity contribution in [1.29, 1.82) is 0 Å². The highest BCUT2D eigenvalue weighted by atomic mass is 16.2. The van der Waals surface area contributed by atoms with E-state index in [4.69, 9.17) is 5.73 Å². The monoisotopic (exact) mass is 274 g/mol. The van der Waals surface area contributed by atoms with Gasteiger partial charge in [0.05, 0.1) is 0 Å². The van der Waals surface area contributed by atoms with Gasteiger partial charge in [-0.05, 0) is 37.2 Å². The molecule has 0 radical (unpaired) electrons. The van der Waals surface area contributed by atoms with E-state index in [-0.39, 0.29) is 11.9 Å². The lowest BCUT2D eigenvalue weighted by Crippen LogP contribution is -2.51. The molecular formula is C17H26N2O. The molecule has 1 aromatic rings. The Hall–Kier alpha value is -1.35. The van der Waals surface area contributed by atoms with Crippen LogP contribution in [0.3, 0.4) is 0 Å². The Balaban J connectivity index is 1.82. The number of carbonyl (C=O) groups excluding carboxylic acids is 1. The summed E-state index contributed by atoms with van der Waals surface area (Å²) in [7, 11) is 0. The molecule has 0 aromatic heterocycles. The third-order valence-corrected chi connectivity index (χ3v) is 4.38. The van der Waals surface area contributed by atoms with Crippen molar-refractivity contribution in [2.24, 2.45) is 11.7 Å². The Kier molecular flexibility index (Phi) is 5.60. The molecule has 2 N–H and O–H groups in total. The molecule has 0 bridgehead atoms. The van der Waals surface area contributed by atoms with Crippen LogP contribution in [0.1, 0.15) is 38.2 Å². The topological polar surface area (TPSA) is 46.3 Å². The number of aryl methyl sites for hydroxylation is 1. The van der Waals surface area contributed by atoms with Gasteiger partial charge < -0.3 is 10.6 Å². The lowest BCUT2D eigenvalue weighted by molar-refractivity contribution is -0.136. The van der Waals surface area contributed by atoms with Crippen LogP contribution < -0.4 is 5.73 Å². The van der Waals surface area contributed by atoms with Crippen molar-refractivity contribution in [2.75, 3.05) is 13.1 Å². The van der Waals surface area contributed by atoms with Gasteiger partial charge in [-0.3, -0.25) is 4.79 Å². The Morgan fingerprint density at radius 3 is 2.80 bits per heavy atom. The fourth-order valence-electron chi connectivity index (χ4n) is 3.15. The molecule has 0 unspecified atom stereocenters. The Bertz CT molecular complexity index is 418. The molecule has 1 fully saturated rings. The van der Waals surface area contributed by atoms with E-state index < -0.39 is 0 Å². The van der Waals surface area contributed by atoms with Gasteiger partial charge in [0.25, 0.3) is 0 Å². The minimum absolute atomic E-state index is 0.243. The molecule has 1 aromatic carbocycles. The molecule has 1 amide bonds. The first-order valence-corrected chi connectivity index (χ1v) is 7.76. The maximum Gasteiger partial charge on any atom is 0.222 e. The number of amides is 1. The van der Waals surface area contributed by atoms with Crippen molar-refractivity contribution in [2.45, 2.75) is 45.1 Å². The van der Waals surface area contributed by atoms with Gasteiger partial charge in [-0.25, -0.2) is 0 Å². The Labute approximate surface area is 122 Å². The summed E-state index contributed by atoms with van der Waals surface area (Å²) in [4.78, 5) is 14.4. The fourth-order valence-corrected chi connectivity index (χ4v) is 3.15. The van der Waals surface area contributed by atoms with Crippen LogP contribution in [0.5, 0.6) is 0 Å². The molecule has 3 nitrogen and oxygen atoms in total. The lowest BCUT2D eigenvalue weighted by atomic mass is 9.90. The minimum atomic E-state index is 0.243. The number of likely N-dealkylation sites (tertiary alicyclic amines) is 1. The predicted molar refractivity (Wildman–Crippen MR) is 82.3 cm³/mol. The second-order valence-corrected chi connectivity index (χ2v) is 5.85. The van der Waals surface area contributed by atoms with Crippen LogP contribution in [0.4, 0.5) is 0 Å². The highest BCUT2D eigenvalue weighted by molar-refractivity contribution is 5.76. The van der Waals surface area contributed by atoms with Gasteiger partial charge in [0, 0.05) is 25.6 Å². The van der Waals surface area contributed by atoms with E-state index in [1.165, 1.54) is 12.0 Å². The first-order chi connectivity index (χ1) is 9.72. The summed E-state index contributed by atoms with van der Waals surface area (Å²) in [5.74, 6) is 0.815. The first-order valence-electron chi connectivity index (χ1n) is 7.76. The van der Waals surface area contributed by atoms with E-state index in [2.05, 4.69) is 19.1 Å².